The minimum Gasteiger partial charge on any atom is -0.394 e. The number of aromatic nitrogens is 2. The quantitative estimate of drug-likeness (QED) is 0.883. The molecule has 1 saturated heterocycles. The minimum atomic E-state index is -0.318. The molecule has 18 heavy (non-hydrogen) atoms. The van der Waals surface area contributed by atoms with Gasteiger partial charge in [-0.3, -0.25) is 0 Å². The van der Waals surface area contributed by atoms with Crippen LogP contribution in [0.5, 0.6) is 0 Å². The maximum absolute atomic E-state index is 9.67. The number of hydrogen-bond acceptors (Lipinski definition) is 6. The number of anilines is 1. The van der Waals surface area contributed by atoms with E-state index in [0.717, 1.165) is 28.9 Å². The molecule has 1 fully saturated rings. The number of nitrogens with zero attached hydrogens (tertiary/aromatic N) is 2. The normalized spacial score (nSPS) is 18.9. The predicted molar refractivity (Wildman–Crippen MR) is 70.9 cm³/mol. The zero-order valence-corrected chi connectivity index (χ0v) is 10.7. The van der Waals surface area contributed by atoms with Gasteiger partial charge in [0.1, 0.15) is 17.0 Å². The molecule has 0 amide bonds. The standard InChI is InChI=1S/C12H15N3O2S/c16-7-12(2-4-17-5-3-12)15-10-9-1-6-18-11(9)14-8-13-10/h1,6,8,16H,2-5,7H2,(H,13,14,15). The lowest BCUT2D eigenvalue weighted by Crippen LogP contribution is -2.47. The summed E-state index contributed by atoms with van der Waals surface area (Å²) in [7, 11) is 0. The van der Waals surface area contributed by atoms with E-state index >= 15 is 0 Å². The van der Waals surface area contributed by atoms with E-state index in [-0.39, 0.29) is 12.1 Å². The topological polar surface area (TPSA) is 67.3 Å². The molecule has 5 nitrogen and oxygen atoms in total. The number of nitrogens with one attached hydrogen (secondary N) is 1. The fourth-order valence-corrected chi connectivity index (χ4v) is 2.96. The van der Waals surface area contributed by atoms with Gasteiger partial charge in [0.15, 0.2) is 0 Å². The summed E-state index contributed by atoms with van der Waals surface area (Å²) < 4.78 is 5.35. The third-order valence-corrected chi connectivity index (χ3v) is 4.22. The van der Waals surface area contributed by atoms with Crippen molar-refractivity contribution in [3.63, 3.8) is 0 Å². The highest BCUT2D eigenvalue weighted by atomic mass is 32.1. The number of fused-ring (bicyclic) bond motifs is 1. The molecule has 2 N–H and O–H groups in total. The molecule has 3 rings (SSSR count). The summed E-state index contributed by atoms with van der Waals surface area (Å²) in [4.78, 5) is 9.49. The van der Waals surface area contributed by atoms with E-state index in [1.165, 1.54) is 0 Å². The first kappa shape index (κ1) is 11.8. The highest BCUT2D eigenvalue weighted by Crippen LogP contribution is 2.29. The molecule has 96 valence electrons. The second-order valence-corrected chi connectivity index (χ2v) is 5.43. The Kier molecular flexibility index (Phi) is 3.15. The highest BCUT2D eigenvalue weighted by Gasteiger charge is 2.32. The van der Waals surface area contributed by atoms with Crippen molar-refractivity contribution in [3.8, 4) is 0 Å². The molecule has 0 aromatic carbocycles. The molecule has 0 saturated carbocycles. The van der Waals surface area contributed by atoms with Crippen LogP contribution in [0.15, 0.2) is 17.8 Å². The van der Waals surface area contributed by atoms with Gasteiger partial charge < -0.3 is 15.2 Å². The fourth-order valence-electron chi connectivity index (χ4n) is 2.23. The minimum absolute atomic E-state index is 0.0893. The van der Waals surface area contributed by atoms with Crippen LogP contribution < -0.4 is 5.32 Å². The van der Waals surface area contributed by atoms with E-state index in [0.29, 0.717) is 13.2 Å². The van der Waals surface area contributed by atoms with Crippen molar-refractivity contribution in [1.82, 2.24) is 9.97 Å². The molecule has 0 unspecified atom stereocenters. The summed E-state index contributed by atoms with van der Waals surface area (Å²) in [5.74, 6) is 0.803. The van der Waals surface area contributed by atoms with Crippen LogP contribution in [0, 0.1) is 0 Å². The highest BCUT2D eigenvalue weighted by molar-refractivity contribution is 7.16. The van der Waals surface area contributed by atoms with Crippen LogP contribution in [-0.4, -0.2) is 40.4 Å². The maximum Gasteiger partial charge on any atom is 0.138 e. The molecular formula is C12H15N3O2S. The van der Waals surface area contributed by atoms with Crippen molar-refractivity contribution in [1.29, 1.82) is 0 Å². The molecule has 0 radical (unpaired) electrons. The van der Waals surface area contributed by atoms with Gasteiger partial charge in [0, 0.05) is 13.2 Å². The Labute approximate surface area is 109 Å². The molecule has 0 bridgehead atoms. The van der Waals surface area contributed by atoms with Crippen LogP contribution in [0.2, 0.25) is 0 Å². The Morgan fingerprint density at radius 1 is 1.39 bits per heavy atom. The SMILES string of the molecule is OCC1(Nc2ncnc3sccc23)CCOCC1. The van der Waals surface area contributed by atoms with Crippen LogP contribution in [0.25, 0.3) is 10.2 Å². The first-order valence-electron chi connectivity index (χ1n) is 5.98. The van der Waals surface area contributed by atoms with Crippen molar-refractivity contribution >= 4 is 27.4 Å². The fraction of sp³-hybridized carbons (Fsp3) is 0.500. The van der Waals surface area contributed by atoms with Gasteiger partial charge in [-0.15, -0.1) is 11.3 Å². The number of ether oxygens (including phenoxy) is 1. The molecule has 3 heterocycles. The van der Waals surface area contributed by atoms with Crippen LogP contribution in [-0.2, 0) is 4.74 Å². The summed E-state index contributed by atoms with van der Waals surface area (Å²) in [6.45, 7) is 1.43. The van der Waals surface area contributed by atoms with E-state index in [9.17, 15) is 5.11 Å². The number of thiophene rings is 1. The lowest BCUT2D eigenvalue weighted by Gasteiger charge is -2.36. The van der Waals surface area contributed by atoms with Gasteiger partial charge >= 0.3 is 0 Å². The monoisotopic (exact) mass is 265 g/mol. The van der Waals surface area contributed by atoms with E-state index < -0.39 is 0 Å². The van der Waals surface area contributed by atoms with E-state index in [1.54, 1.807) is 17.7 Å². The number of aliphatic hydroxyl groups is 1. The molecule has 1 aliphatic heterocycles. The lowest BCUT2D eigenvalue weighted by molar-refractivity contribution is 0.0379. The third-order valence-electron chi connectivity index (χ3n) is 3.40. The molecule has 0 spiro atoms. The third kappa shape index (κ3) is 2.07. The lowest BCUT2D eigenvalue weighted by atomic mass is 9.91. The Morgan fingerprint density at radius 3 is 3.00 bits per heavy atom. The first-order chi connectivity index (χ1) is 8.83. The molecule has 0 atom stereocenters. The molecule has 2 aromatic heterocycles. The summed E-state index contributed by atoms with van der Waals surface area (Å²) in [6, 6.07) is 2.01. The Bertz CT molecular complexity index is 537. The zero-order chi connectivity index (χ0) is 12.4. The molecule has 0 aliphatic carbocycles. The Hall–Kier alpha value is -1.24. The smallest absolute Gasteiger partial charge is 0.138 e. The molecular weight excluding hydrogens is 250 g/mol. The number of rotatable bonds is 3. The van der Waals surface area contributed by atoms with Gasteiger partial charge in [-0.25, -0.2) is 9.97 Å². The van der Waals surface area contributed by atoms with Crippen LogP contribution >= 0.6 is 11.3 Å². The summed E-state index contributed by atoms with van der Waals surface area (Å²) in [6.07, 6.45) is 3.14. The zero-order valence-electron chi connectivity index (χ0n) is 9.93. The van der Waals surface area contributed by atoms with Gasteiger partial charge in [0.05, 0.1) is 17.5 Å². The maximum atomic E-state index is 9.67. The first-order valence-corrected chi connectivity index (χ1v) is 6.86. The van der Waals surface area contributed by atoms with Crippen LogP contribution in [0.4, 0.5) is 5.82 Å². The molecule has 6 heteroatoms. The average Bonchev–Trinajstić information content (AvgIpc) is 2.89. The second kappa shape index (κ2) is 4.79. The van der Waals surface area contributed by atoms with Crippen molar-refractivity contribution in [2.75, 3.05) is 25.1 Å². The van der Waals surface area contributed by atoms with E-state index in [4.69, 9.17) is 4.74 Å². The van der Waals surface area contributed by atoms with Crippen LogP contribution in [0.1, 0.15) is 12.8 Å². The van der Waals surface area contributed by atoms with Gasteiger partial charge in [0.2, 0.25) is 0 Å². The Balaban J connectivity index is 1.92. The predicted octanol–water partition coefficient (Wildman–Crippen LogP) is 1.64. The summed E-state index contributed by atoms with van der Waals surface area (Å²) in [5, 5.41) is 16.1. The van der Waals surface area contributed by atoms with E-state index in [2.05, 4.69) is 15.3 Å². The Morgan fingerprint density at radius 2 is 2.22 bits per heavy atom. The van der Waals surface area contributed by atoms with Crippen molar-refractivity contribution in [2.24, 2.45) is 0 Å². The number of aliphatic hydroxyl groups excluding tert-OH is 1. The van der Waals surface area contributed by atoms with Gasteiger partial charge in [-0.05, 0) is 24.3 Å². The van der Waals surface area contributed by atoms with Gasteiger partial charge in [0.25, 0.3) is 0 Å². The van der Waals surface area contributed by atoms with Gasteiger partial charge in [-0.2, -0.15) is 0 Å². The number of hydrogen-bond donors (Lipinski definition) is 2. The molecule has 1 aliphatic rings. The second-order valence-electron chi connectivity index (χ2n) is 4.54. The summed E-state index contributed by atoms with van der Waals surface area (Å²) in [5.41, 5.74) is -0.318. The average molecular weight is 265 g/mol. The van der Waals surface area contributed by atoms with Crippen molar-refractivity contribution < 1.29 is 9.84 Å². The summed E-state index contributed by atoms with van der Waals surface area (Å²) >= 11 is 1.59. The van der Waals surface area contributed by atoms with Crippen LogP contribution in [0.3, 0.4) is 0 Å². The van der Waals surface area contributed by atoms with Crippen molar-refractivity contribution in [3.05, 3.63) is 17.8 Å². The van der Waals surface area contributed by atoms with Gasteiger partial charge in [-0.1, -0.05) is 0 Å². The van der Waals surface area contributed by atoms with Crippen molar-refractivity contribution in [2.45, 2.75) is 18.4 Å². The molecule has 2 aromatic rings. The largest absolute Gasteiger partial charge is 0.394 e. The van der Waals surface area contributed by atoms with E-state index in [1.807, 2.05) is 11.4 Å².